The first kappa shape index (κ1) is 14.4. The van der Waals surface area contributed by atoms with E-state index in [4.69, 9.17) is 9.47 Å². The first-order valence-electron chi connectivity index (χ1n) is 7.88. The molecule has 2 atom stereocenters. The fraction of sp³-hybridized carbons (Fsp3) is 0.588. The van der Waals surface area contributed by atoms with Crippen molar-refractivity contribution in [3.63, 3.8) is 0 Å². The van der Waals surface area contributed by atoms with Gasteiger partial charge in [-0.2, -0.15) is 0 Å². The molecule has 1 aromatic carbocycles. The van der Waals surface area contributed by atoms with Crippen LogP contribution in [0.4, 0.5) is 0 Å². The van der Waals surface area contributed by atoms with E-state index in [1.54, 1.807) is 0 Å². The number of fused-ring (bicyclic) bond motifs is 1. The van der Waals surface area contributed by atoms with Gasteiger partial charge in [-0.3, -0.25) is 4.79 Å². The fourth-order valence-corrected chi connectivity index (χ4v) is 3.37. The molecule has 2 unspecified atom stereocenters. The van der Waals surface area contributed by atoms with Crippen molar-refractivity contribution in [2.75, 3.05) is 32.8 Å². The summed E-state index contributed by atoms with van der Waals surface area (Å²) in [5.41, 5.74) is 1.30. The third-order valence-corrected chi connectivity index (χ3v) is 4.40. The summed E-state index contributed by atoms with van der Waals surface area (Å²) in [4.78, 5) is 14.3. The topological polar surface area (TPSA) is 38.8 Å². The minimum absolute atomic E-state index is 0.0368. The molecule has 0 saturated carbocycles. The van der Waals surface area contributed by atoms with Crippen LogP contribution >= 0.6 is 0 Å². The lowest BCUT2D eigenvalue weighted by molar-refractivity contribution is -0.149. The number of nitrogens with zero attached hydrogens (tertiary/aromatic N) is 1. The van der Waals surface area contributed by atoms with Crippen molar-refractivity contribution in [3.8, 4) is 5.75 Å². The van der Waals surface area contributed by atoms with E-state index in [-0.39, 0.29) is 11.9 Å². The molecule has 1 saturated heterocycles. The van der Waals surface area contributed by atoms with Crippen LogP contribution in [0.1, 0.15) is 31.2 Å². The van der Waals surface area contributed by atoms with Crippen molar-refractivity contribution in [2.45, 2.75) is 25.7 Å². The molecule has 0 amide bonds. The third kappa shape index (κ3) is 3.21. The van der Waals surface area contributed by atoms with Crippen LogP contribution in [-0.4, -0.2) is 43.7 Å². The Morgan fingerprint density at radius 2 is 2.29 bits per heavy atom. The molecule has 1 aromatic rings. The average Bonchev–Trinajstić information content (AvgIpc) is 2.91. The van der Waals surface area contributed by atoms with Gasteiger partial charge in [0, 0.05) is 24.6 Å². The van der Waals surface area contributed by atoms with Crippen LogP contribution in [0.15, 0.2) is 24.3 Å². The highest BCUT2D eigenvalue weighted by molar-refractivity contribution is 5.72. The number of esters is 1. The van der Waals surface area contributed by atoms with E-state index in [9.17, 15) is 4.79 Å². The second-order valence-electron chi connectivity index (χ2n) is 5.90. The van der Waals surface area contributed by atoms with Gasteiger partial charge >= 0.3 is 5.97 Å². The molecule has 4 heteroatoms. The van der Waals surface area contributed by atoms with Gasteiger partial charge < -0.3 is 14.4 Å². The number of rotatable bonds is 4. The zero-order chi connectivity index (χ0) is 14.7. The molecule has 0 bridgehead atoms. The maximum atomic E-state index is 11.9. The first-order chi connectivity index (χ1) is 10.3. The Morgan fingerprint density at radius 3 is 3.14 bits per heavy atom. The first-order valence-corrected chi connectivity index (χ1v) is 7.88. The van der Waals surface area contributed by atoms with E-state index >= 15 is 0 Å². The Hall–Kier alpha value is -1.55. The summed E-state index contributed by atoms with van der Waals surface area (Å²) < 4.78 is 10.9. The second kappa shape index (κ2) is 6.48. The van der Waals surface area contributed by atoms with Gasteiger partial charge in [0.15, 0.2) is 0 Å². The van der Waals surface area contributed by atoms with E-state index in [2.05, 4.69) is 17.0 Å². The summed E-state index contributed by atoms with van der Waals surface area (Å²) in [7, 11) is 0. The third-order valence-electron chi connectivity index (χ3n) is 4.40. The largest absolute Gasteiger partial charge is 0.493 e. The number of benzene rings is 1. The number of carbonyl (C=O) groups is 1. The van der Waals surface area contributed by atoms with Crippen LogP contribution in [0.3, 0.4) is 0 Å². The van der Waals surface area contributed by atoms with Gasteiger partial charge in [-0.25, -0.2) is 0 Å². The van der Waals surface area contributed by atoms with E-state index < -0.39 is 0 Å². The van der Waals surface area contributed by atoms with Gasteiger partial charge in [0.25, 0.3) is 0 Å². The normalized spacial score (nSPS) is 25.2. The summed E-state index contributed by atoms with van der Waals surface area (Å²) in [6, 6.07) is 8.27. The zero-order valence-corrected chi connectivity index (χ0v) is 12.6. The highest BCUT2D eigenvalue weighted by atomic mass is 16.5. The Bertz CT molecular complexity index is 503. The van der Waals surface area contributed by atoms with Crippen molar-refractivity contribution < 1.29 is 14.3 Å². The van der Waals surface area contributed by atoms with Crippen LogP contribution in [0, 0.1) is 5.92 Å². The second-order valence-corrected chi connectivity index (χ2v) is 5.90. The van der Waals surface area contributed by atoms with E-state index in [0.717, 1.165) is 44.8 Å². The molecular weight excluding hydrogens is 266 g/mol. The summed E-state index contributed by atoms with van der Waals surface area (Å²) >= 11 is 0. The van der Waals surface area contributed by atoms with Crippen molar-refractivity contribution in [2.24, 2.45) is 5.92 Å². The van der Waals surface area contributed by atoms with Gasteiger partial charge in [0.05, 0.1) is 19.1 Å². The number of likely N-dealkylation sites (tertiary alicyclic amines) is 1. The van der Waals surface area contributed by atoms with Crippen LogP contribution in [0.5, 0.6) is 5.75 Å². The molecule has 21 heavy (non-hydrogen) atoms. The molecule has 0 aromatic heterocycles. The highest BCUT2D eigenvalue weighted by Gasteiger charge is 2.31. The molecule has 0 radical (unpaired) electrons. The number of ether oxygens (including phenoxy) is 2. The Balaban J connectivity index is 1.60. The Kier molecular flexibility index (Phi) is 4.44. The maximum Gasteiger partial charge on any atom is 0.310 e. The maximum absolute atomic E-state index is 11.9. The van der Waals surface area contributed by atoms with Gasteiger partial charge in [-0.05, 0) is 32.4 Å². The molecule has 2 heterocycles. The predicted molar refractivity (Wildman–Crippen MR) is 80.5 cm³/mol. The number of para-hydroxylation sites is 1. The molecule has 4 nitrogen and oxygen atoms in total. The zero-order valence-electron chi connectivity index (χ0n) is 12.6. The molecule has 2 aliphatic heterocycles. The minimum atomic E-state index is -0.0368. The number of hydrogen-bond donors (Lipinski definition) is 0. The predicted octanol–water partition coefficient (Wildman–Crippen LogP) is 2.44. The Morgan fingerprint density at radius 1 is 1.43 bits per heavy atom. The van der Waals surface area contributed by atoms with Gasteiger partial charge in [-0.15, -0.1) is 0 Å². The van der Waals surface area contributed by atoms with Crippen LogP contribution in [-0.2, 0) is 9.53 Å². The summed E-state index contributed by atoms with van der Waals surface area (Å²) in [6.07, 6.45) is 2.02. The van der Waals surface area contributed by atoms with Crippen molar-refractivity contribution in [1.82, 2.24) is 4.90 Å². The Labute approximate surface area is 126 Å². The van der Waals surface area contributed by atoms with Crippen LogP contribution in [0.25, 0.3) is 0 Å². The van der Waals surface area contributed by atoms with Gasteiger partial charge in [0.2, 0.25) is 0 Å². The van der Waals surface area contributed by atoms with Gasteiger partial charge in [-0.1, -0.05) is 18.2 Å². The monoisotopic (exact) mass is 289 g/mol. The molecular formula is C17H23NO3. The summed E-state index contributed by atoms with van der Waals surface area (Å²) in [5.74, 6) is 1.44. The molecule has 3 rings (SSSR count). The van der Waals surface area contributed by atoms with Crippen molar-refractivity contribution in [3.05, 3.63) is 29.8 Å². The van der Waals surface area contributed by atoms with Crippen LogP contribution in [0.2, 0.25) is 0 Å². The quantitative estimate of drug-likeness (QED) is 0.798. The number of carbonyl (C=O) groups excluding carboxylic acids is 1. The minimum Gasteiger partial charge on any atom is -0.493 e. The smallest absolute Gasteiger partial charge is 0.310 e. The molecule has 2 aliphatic rings. The molecule has 0 aliphatic carbocycles. The van der Waals surface area contributed by atoms with E-state index in [1.165, 1.54) is 5.56 Å². The summed E-state index contributed by atoms with van der Waals surface area (Å²) in [6.45, 7) is 5.93. The molecule has 1 fully saturated rings. The standard InChI is InChI=1S/C17H23NO3/c1-2-20-17(19)13-6-5-9-18(10-13)11-14-12-21-16-8-4-3-7-15(14)16/h3-4,7-8,13-14H,2,5-6,9-12H2,1H3. The fourth-order valence-electron chi connectivity index (χ4n) is 3.37. The lowest BCUT2D eigenvalue weighted by Crippen LogP contribution is -2.41. The van der Waals surface area contributed by atoms with Gasteiger partial charge in [0.1, 0.15) is 5.75 Å². The van der Waals surface area contributed by atoms with E-state index in [0.29, 0.717) is 12.5 Å². The molecule has 114 valence electrons. The van der Waals surface area contributed by atoms with Crippen molar-refractivity contribution in [1.29, 1.82) is 0 Å². The molecule has 0 N–H and O–H groups in total. The number of hydrogen-bond acceptors (Lipinski definition) is 4. The van der Waals surface area contributed by atoms with E-state index in [1.807, 2.05) is 19.1 Å². The lowest BCUT2D eigenvalue weighted by Gasteiger charge is -2.32. The lowest BCUT2D eigenvalue weighted by atomic mass is 9.95. The SMILES string of the molecule is CCOC(=O)C1CCCN(CC2COc3ccccc32)C1. The molecule has 0 spiro atoms. The van der Waals surface area contributed by atoms with Crippen molar-refractivity contribution >= 4 is 5.97 Å². The number of piperidine rings is 1. The summed E-state index contributed by atoms with van der Waals surface area (Å²) in [5, 5.41) is 0. The average molecular weight is 289 g/mol. The van der Waals surface area contributed by atoms with Crippen LogP contribution < -0.4 is 4.74 Å². The highest BCUT2D eigenvalue weighted by Crippen LogP contribution is 2.34.